The van der Waals surface area contributed by atoms with Gasteiger partial charge in [-0.25, -0.2) is 4.98 Å². The minimum absolute atomic E-state index is 0.168. The number of aromatic amines is 1. The lowest BCUT2D eigenvalue weighted by molar-refractivity contribution is -0.123. The fraction of sp³-hybridized carbons (Fsp3) is 0.190. The predicted molar refractivity (Wildman–Crippen MR) is 108 cm³/mol. The smallest absolute Gasteiger partial charge is 0.248 e. The van der Waals surface area contributed by atoms with Gasteiger partial charge in [0.2, 0.25) is 11.8 Å². The lowest BCUT2D eigenvalue weighted by Gasteiger charge is -2.18. The number of nitrogens with zero attached hydrogens (tertiary/aromatic N) is 1. The van der Waals surface area contributed by atoms with Crippen LogP contribution in [0.15, 0.2) is 61.1 Å². The third-order valence-electron chi connectivity index (χ3n) is 4.46. The van der Waals surface area contributed by atoms with Gasteiger partial charge in [-0.2, -0.15) is 0 Å². The number of hydrogen-bond donors (Lipinski definition) is 5. The number of phenolic OH excluding ortho intramolecular Hbond substituents is 1. The van der Waals surface area contributed by atoms with Crippen molar-refractivity contribution in [1.29, 1.82) is 0 Å². The number of amides is 2. The van der Waals surface area contributed by atoms with E-state index in [2.05, 4.69) is 20.6 Å². The van der Waals surface area contributed by atoms with Gasteiger partial charge in [-0.1, -0.05) is 24.3 Å². The maximum Gasteiger partial charge on any atom is 0.248 e. The molecular weight excluding hydrogens is 370 g/mol. The molecule has 0 bridgehead atoms. The molecule has 3 rings (SSSR count). The van der Waals surface area contributed by atoms with Gasteiger partial charge in [-0.15, -0.1) is 0 Å². The van der Waals surface area contributed by atoms with Crippen LogP contribution in [-0.2, 0) is 24.3 Å². The van der Waals surface area contributed by atoms with E-state index in [0.29, 0.717) is 25.1 Å². The van der Waals surface area contributed by atoms with Gasteiger partial charge in [-0.3, -0.25) is 9.59 Å². The van der Waals surface area contributed by atoms with Crippen LogP contribution in [0.2, 0.25) is 0 Å². The second-order valence-corrected chi connectivity index (χ2v) is 6.66. The second-order valence-electron chi connectivity index (χ2n) is 6.66. The maximum atomic E-state index is 12.8. The van der Waals surface area contributed by atoms with Crippen LogP contribution in [0.25, 0.3) is 0 Å². The monoisotopic (exact) mass is 393 g/mol. The molecule has 2 aromatic carbocycles. The molecule has 1 unspecified atom stereocenters. The van der Waals surface area contributed by atoms with Crippen LogP contribution in [0, 0.1) is 0 Å². The highest BCUT2D eigenvalue weighted by Crippen LogP contribution is 2.11. The topological polar surface area (TPSA) is 133 Å². The number of nitrogens with two attached hydrogens (primary N) is 1. The number of aromatic nitrogens is 2. The summed E-state index contributed by atoms with van der Waals surface area (Å²) in [5, 5.41) is 15.7. The second kappa shape index (κ2) is 9.52. The zero-order chi connectivity index (χ0) is 20.6. The first kappa shape index (κ1) is 20.1. The number of rotatable bonds is 9. The molecule has 8 nitrogen and oxygen atoms in total. The summed E-state index contributed by atoms with van der Waals surface area (Å²) in [6.45, 7) is 0.749. The van der Waals surface area contributed by atoms with E-state index in [1.54, 1.807) is 55.0 Å². The molecule has 1 atom stereocenters. The van der Waals surface area contributed by atoms with Crippen LogP contribution in [0.3, 0.4) is 0 Å². The highest BCUT2D eigenvalue weighted by molar-refractivity contribution is 5.92. The minimum atomic E-state index is -0.498. The van der Waals surface area contributed by atoms with E-state index in [-0.39, 0.29) is 11.7 Å². The Labute approximate surface area is 168 Å². The van der Waals surface area contributed by atoms with Crippen molar-refractivity contribution in [3.8, 4) is 5.75 Å². The van der Waals surface area contributed by atoms with Gasteiger partial charge in [-0.05, 0) is 35.4 Å². The number of imidazole rings is 1. The maximum absolute atomic E-state index is 12.8. The van der Waals surface area contributed by atoms with Gasteiger partial charge >= 0.3 is 0 Å². The zero-order valence-electron chi connectivity index (χ0n) is 15.8. The predicted octanol–water partition coefficient (Wildman–Crippen LogP) is 1.23. The quantitative estimate of drug-likeness (QED) is 0.373. The molecule has 6 N–H and O–H groups in total. The number of carbonyl (C=O) groups excluding carboxylic acids is 2. The molecule has 0 aliphatic carbocycles. The van der Waals surface area contributed by atoms with Gasteiger partial charge in [0, 0.05) is 37.0 Å². The number of H-pyrrole nitrogens is 1. The molecule has 0 saturated heterocycles. The van der Waals surface area contributed by atoms with E-state index >= 15 is 0 Å². The molecule has 1 heterocycles. The summed E-state index contributed by atoms with van der Waals surface area (Å²) < 4.78 is 0. The Bertz CT molecular complexity index is 955. The molecule has 1 aromatic heterocycles. The van der Waals surface area contributed by atoms with E-state index in [0.717, 1.165) is 16.8 Å². The summed E-state index contributed by atoms with van der Waals surface area (Å²) in [5.41, 5.74) is 8.22. The lowest BCUT2D eigenvalue weighted by Crippen LogP contribution is -2.45. The Hall–Kier alpha value is -3.65. The highest BCUT2D eigenvalue weighted by atomic mass is 16.3. The van der Waals surface area contributed by atoms with Crippen molar-refractivity contribution in [2.24, 2.45) is 5.73 Å². The molecule has 2 amide bonds. The molecule has 8 heteroatoms. The van der Waals surface area contributed by atoms with Crippen LogP contribution in [0.4, 0.5) is 0 Å². The third kappa shape index (κ3) is 5.91. The molecule has 29 heavy (non-hydrogen) atoms. The minimum Gasteiger partial charge on any atom is -0.508 e. The zero-order valence-corrected chi connectivity index (χ0v) is 15.8. The van der Waals surface area contributed by atoms with Crippen molar-refractivity contribution in [2.45, 2.75) is 25.6 Å². The molecule has 0 saturated carbocycles. The number of primary amides is 1. The van der Waals surface area contributed by atoms with Crippen molar-refractivity contribution in [1.82, 2.24) is 20.6 Å². The Kier molecular flexibility index (Phi) is 6.59. The molecule has 3 aromatic rings. The van der Waals surface area contributed by atoms with Gasteiger partial charge in [0.15, 0.2) is 0 Å². The number of phenols is 1. The average molecular weight is 393 g/mol. The van der Waals surface area contributed by atoms with Crippen LogP contribution >= 0.6 is 0 Å². The molecule has 0 radical (unpaired) electrons. The number of benzene rings is 2. The van der Waals surface area contributed by atoms with Crippen molar-refractivity contribution in [3.05, 3.63) is 83.4 Å². The normalized spacial score (nSPS) is 11.7. The van der Waals surface area contributed by atoms with Crippen molar-refractivity contribution in [3.63, 3.8) is 0 Å². The highest BCUT2D eigenvalue weighted by Gasteiger charge is 2.19. The SMILES string of the molecule is NC(=O)c1ccc(CNC(=O)C(Cc2cnc[nH]2)NCc2cccc(O)c2)cc1. The van der Waals surface area contributed by atoms with Gasteiger partial charge in [0.1, 0.15) is 5.75 Å². The molecule has 0 spiro atoms. The third-order valence-corrected chi connectivity index (χ3v) is 4.46. The summed E-state index contributed by atoms with van der Waals surface area (Å²) in [7, 11) is 0. The Morgan fingerprint density at radius 1 is 1.10 bits per heavy atom. The average Bonchev–Trinajstić information content (AvgIpc) is 3.23. The fourth-order valence-electron chi connectivity index (χ4n) is 2.88. The van der Waals surface area contributed by atoms with Crippen LogP contribution in [0.5, 0.6) is 5.75 Å². The Morgan fingerprint density at radius 2 is 1.90 bits per heavy atom. The fourth-order valence-corrected chi connectivity index (χ4v) is 2.88. The first-order valence-corrected chi connectivity index (χ1v) is 9.16. The van der Waals surface area contributed by atoms with Crippen molar-refractivity contribution in [2.75, 3.05) is 0 Å². The first-order chi connectivity index (χ1) is 14.0. The van der Waals surface area contributed by atoms with Crippen LogP contribution in [-0.4, -0.2) is 32.9 Å². The number of carbonyl (C=O) groups is 2. The standard InChI is InChI=1S/C21H23N5O3/c22-20(28)16-6-4-14(5-7-16)10-25-21(29)19(9-17-12-23-13-26-17)24-11-15-2-1-3-18(27)8-15/h1-8,12-13,19,24,27H,9-11H2,(H2,22,28)(H,23,26)(H,25,29). The van der Waals surface area contributed by atoms with Crippen LogP contribution < -0.4 is 16.4 Å². The molecular formula is C21H23N5O3. The van der Waals surface area contributed by atoms with Crippen LogP contribution in [0.1, 0.15) is 27.2 Å². The van der Waals surface area contributed by atoms with E-state index in [9.17, 15) is 14.7 Å². The van der Waals surface area contributed by atoms with E-state index in [4.69, 9.17) is 5.73 Å². The van der Waals surface area contributed by atoms with E-state index < -0.39 is 11.9 Å². The summed E-state index contributed by atoms with van der Waals surface area (Å²) in [5.74, 6) is -0.478. The van der Waals surface area contributed by atoms with Gasteiger partial charge in [0.05, 0.1) is 12.4 Å². The molecule has 0 fully saturated rings. The van der Waals surface area contributed by atoms with Gasteiger partial charge < -0.3 is 26.5 Å². The number of aromatic hydroxyl groups is 1. The largest absolute Gasteiger partial charge is 0.508 e. The van der Waals surface area contributed by atoms with Crippen molar-refractivity contribution < 1.29 is 14.7 Å². The van der Waals surface area contributed by atoms with E-state index in [1.165, 1.54) is 0 Å². The summed E-state index contributed by atoms with van der Waals surface area (Å²) in [6.07, 6.45) is 3.68. The number of nitrogens with one attached hydrogen (secondary N) is 3. The Balaban J connectivity index is 1.62. The summed E-state index contributed by atoms with van der Waals surface area (Å²) in [6, 6.07) is 13.2. The summed E-state index contributed by atoms with van der Waals surface area (Å²) >= 11 is 0. The van der Waals surface area contributed by atoms with Gasteiger partial charge in [0.25, 0.3) is 0 Å². The summed E-state index contributed by atoms with van der Waals surface area (Å²) in [4.78, 5) is 30.9. The van der Waals surface area contributed by atoms with E-state index in [1.807, 2.05) is 6.07 Å². The van der Waals surface area contributed by atoms with Crippen molar-refractivity contribution >= 4 is 11.8 Å². The molecule has 0 aliphatic heterocycles. The molecule has 150 valence electrons. The number of hydrogen-bond acceptors (Lipinski definition) is 5. The lowest BCUT2D eigenvalue weighted by atomic mass is 10.1. The Morgan fingerprint density at radius 3 is 2.55 bits per heavy atom. The first-order valence-electron chi connectivity index (χ1n) is 9.16. The molecule has 0 aliphatic rings.